The Labute approximate surface area is 140 Å². The lowest BCUT2D eigenvalue weighted by molar-refractivity contribution is -0.121. The van der Waals surface area contributed by atoms with Crippen LogP contribution in [0.3, 0.4) is 0 Å². The molecule has 22 heavy (non-hydrogen) atoms. The molecule has 132 valence electrons. The van der Waals surface area contributed by atoms with Crippen molar-refractivity contribution in [2.45, 2.75) is 57.9 Å². The van der Waals surface area contributed by atoms with E-state index >= 15 is 0 Å². The number of hydrogen-bond acceptors (Lipinski definition) is 4. The number of carbonyl (C=O) groups excluding carboxylic acids is 1. The van der Waals surface area contributed by atoms with Crippen molar-refractivity contribution in [3.63, 3.8) is 0 Å². The van der Waals surface area contributed by atoms with Gasteiger partial charge in [0.15, 0.2) is 0 Å². The Morgan fingerprint density at radius 2 is 1.77 bits per heavy atom. The molecular weight excluding hydrogens is 326 g/mol. The van der Waals surface area contributed by atoms with Gasteiger partial charge >= 0.3 is 0 Å². The average Bonchev–Trinajstić information content (AvgIpc) is 2.99. The number of amides is 1. The summed E-state index contributed by atoms with van der Waals surface area (Å²) in [5.41, 5.74) is 5.74. The summed E-state index contributed by atoms with van der Waals surface area (Å²) < 4.78 is 25.5. The number of carbonyl (C=O) groups is 1. The number of nitrogens with zero attached hydrogens (tertiary/aromatic N) is 1. The number of nitrogens with one attached hydrogen (secondary N) is 1. The molecule has 1 aliphatic rings. The lowest BCUT2D eigenvalue weighted by Gasteiger charge is -2.26. The molecule has 0 unspecified atom stereocenters. The summed E-state index contributed by atoms with van der Waals surface area (Å²) in [5, 5.41) is 2.81. The maximum Gasteiger partial charge on any atom is 0.220 e. The summed E-state index contributed by atoms with van der Waals surface area (Å²) in [5.74, 6) is -0.0706. The minimum atomic E-state index is -3.18. The Morgan fingerprint density at radius 3 is 2.27 bits per heavy atom. The van der Waals surface area contributed by atoms with E-state index < -0.39 is 10.0 Å². The van der Waals surface area contributed by atoms with E-state index in [1.54, 1.807) is 0 Å². The van der Waals surface area contributed by atoms with E-state index in [1.165, 1.54) is 4.31 Å². The molecule has 1 heterocycles. The fourth-order valence-electron chi connectivity index (χ4n) is 2.37. The van der Waals surface area contributed by atoms with Crippen LogP contribution in [0.4, 0.5) is 0 Å². The molecule has 0 radical (unpaired) electrons. The summed E-state index contributed by atoms with van der Waals surface area (Å²) in [6.07, 6.45) is 4.07. The maximum absolute atomic E-state index is 12.0. The third kappa shape index (κ3) is 6.81. The molecule has 0 aromatic heterocycles. The topological polar surface area (TPSA) is 92.5 Å². The van der Waals surface area contributed by atoms with Gasteiger partial charge in [-0.3, -0.25) is 4.79 Å². The molecule has 0 saturated carbocycles. The van der Waals surface area contributed by atoms with Crippen molar-refractivity contribution in [2.75, 3.05) is 25.4 Å². The summed E-state index contributed by atoms with van der Waals surface area (Å²) in [6, 6.07) is 0. The van der Waals surface area contributed by atoms with Crippen molar-refractivity contribution in [3.8, 4) is 0 Å². The van der Waals surface area contributed by atoms with Gasteiger partial charge in [-0.1, -0.05) is 13.8 Å². The van der Waals surface area contributed by atoms with Crippen molar-refractivity contribution in [1.82, 2.24) is 9.62 Å². The van der Waals surface area contributed by atoms with Gasteiger partial charge in [-0.2, -0.15) is 0 Å². The van der Waals surface area contributed by atoms with E-state index in [2.05, 4.69) is 5.32 Å². The second-order valence-corrected chi connectivity index (χ2v) is 7.96. The number of rotatable bonds is 9. The van der Waals surface area contributed by atoms with Gasteiger partial charge in [-0.15, -0.1) is 12.4 Å². The SMILES string of the molecule is CCC(N)(CC)CNC(=O)CCCS(=O)(=O)N1CCCC1.Cl. The standard InChI is InChI=1S/C14H29N3O3S.ClH/c1-3-14(15,4-2)12-16-13(18)8-7-11-21(19,20)17-9-5-6-10-17;/h3-12,15H2,1-2H3,(H,16,18);1H. The van der Waals surface area contributed by atoms with Crippen molar-refractivity contribution >= 4 is 28.3 Å². The van der Waals surface area contributed by atoms with Crippen LogP contribution < -0.4 is 11.1 Å². The molecule has 0 bridgehead atoms. The first-order chi connectivity index (χ1) is 9.83. The van der Waals surface area contributed by atoms with Gasteiger partial charge in [0.2, 0.25) is 15.9 Å². The van der Waals surface area contributed by atoms with Crippen LogP contribution in [-0.4, -0.2) is 49.6 Å². The van der Waals surface area contributed by atoms with Crippen LogP contribution in [0.5, 0.6) is 0 Å². The summed E-state index contributed by atoms with van der Waals surface area (Å²) in [7, 11) is -3.18. The zero-order valence-electron chi connectivity index (χ0n) is 13.6. The van der Waals surface area contributed by atoms with Crippen LogP contribution in [0.25, 0.3) is 0 Å². The zero-order valence-corrected chi connectivity index (χ0v) is 15.3. The highest BCUT2D eigenvalue weighted by Crippen LogP contribution is 2.14. The second-order valence-electron chi connectivity index (χ2n) is 5.87. The normalized spacial score (nSPS) is 16.3. The monoisotopic (exact) mass is 355 g/mol. The first-order valence-electron chi connectivity index (χ1n) is 7.86. The predicted octanol–water partition coefficient (Wildman–Crippen LogP) is 1.25. The highest BCUT2D eigenvalue weighted by Gasteiger charge is 2.25. The summed E-state index contributed by atoms with van der Waals surface area (Å²) in [4.78, 5) is 11.8. The van der Waals surface area contributed by atoms with Crippen LogP contribution in [0.15, 0.2) is 0 Å². The first-order valence-corrected chi connectivity index (χ1v) is 9.47. The fraction of sp³-hybridized carbons (Fsp3) is 0.929. The highest BCUT2D eigenvalue weighted by atomic mass is 35.5. The van der Waals surface area contributed by atoms with Gasteiger partial charge in [-0.25, -0.2) is 12.7 Å². The third-order valence-corrected chi connectivity index (χ3v) is 6.27. The van der Waals surface area contributed by atoms with Crippen LogP contribution >= 0.6 is 12.4 Å². The molecule has 0 atom stereocenters. The Morgan fingerprint density at radius 1 is 1.23 bits per heavy atom. The molecule has 1 rings (SSSR count). The number of halogens is 1. The Kier molecular flexibility index (Phi) is 9.54. The Bertz CT molecular complexity index is 433. The minimum absolute atomic E-state index is 0. The van der Waals surface area contributed by atoms with Gasteiger partial charge in [-0.05, 0) is 32.1 Å². The molecule has 1 fully saturated rings. The lowest BCUT2D eigenvalue weighted by atomic mass is 9.94. The molecule has 0 aliphatic carbocycles. The molecule has 0 aromatic carbocycles. The van der Waals surface area contributed by atoms with E-state index in [1.807, 2.05) is 13.8 Å². The smallest absolute Gasteiger partial charge is 0.220 e. The van der Waals surface area contributed by atoms with E-state index in [0.29, 0.717) is 26.1 Å². The van der Waals surface area contributed by atoms with Crippen LogP contribution in [-0.2, 0) is 14.8 Å². The maximum atomic E-state index is 12.0. The van der Waals surface area contributed by atoms with Crippen molar-refractivity contribution in [1.29, 1.82) is 0 Å². The molecule has 8 heteroatoms. The number of nitrogens with two attached hydrogens (primary N) is 1. The summed E-state index contributed by atoms with van der Waals surface area (Å²) in [6.45, 7) is 5.68. The van der Waals surface area contributed by atoms with Crippen molar-refractivity contribution < 1.29 is 13.2 Å². The minimum Gasteiger partial charge on any atom is -0.354 e. The van der Waals surface area contributed by atoms with E-state index in [4.69, 9.17) is 5.73 Å². The van der Waals surface area contributed by atoms with Gasteiger partial charge in [0, 0.05) is 31.6 Å². The number of sulfonamides is 1. The Balaban J connectivity index is 0.00000441. The quantitative estimate of drug-likeness (QED) is 0.651. The number of hydrogen-bond donors (Lipinski definition) is 2. The molecule has 6 nitrogen and oxygen atoms in total. The van der Waals surface area contributed by atoms with Crippen molar-refractivity contribution in [3.05, 3.63) is 0 Å². The fourth-order valence-corrected chi connectivity index (χ4v) is 3.96. The Hall–Kier alpha value is -0.370. The molecule has 1 aliphatic heterocycles. The van der Waals surface area contributed by atoms with Crippen molar-refractivity contribution in [2.24, 2.45) is 5.73 Å². The van der Waals surface area contributed by atoms with Crippen LogP contribution in [0, 0.1) is 0 Å². The second kappa shape index (κ2) is 9.70. The molecule has 1 saturated heterocycles. The average molecular weight is 356 g/mol. The van der Waals surface area contributed by atoms with Crippen LogP contribution in [0.2, 0.25) is 0 Å². The van der Waals surface area contributed by atoms with E-state index in [-0.39, 0.29) is 36.0 Å². The molecular formula is C14H30ClN3O3S. The van der Waals surface area contributed by atoms with E-state index in [0.717, 1.165) is 25.7 Å². The van der Waals surface area contributed by atoms with Gasteiger partial charge in [0.1, 0.15) is 0 Å². The van der Waals surface area contributed by atoms with Gasteiger partial charge in [0.25, 0.3) is 0 Å². The predicted molar refractivity (Wildman–Crippen MR) is 91.6 cm³/mol. The summed E-state index contributed by atoms with van der Waals surface area (Å²) >= 11 is 0. The highest BCUT2D eigenvalue weighted by molar-refractivity contribution is 7.89. The van der Waals surface area contributed by atoms with Gasteiger partial charge in [0.05, 0.1) is 5.75 Å². The largest absolute Gasteiger partial charge is 0.354 e. The van der Waals surface area contributed by atoms with Crippen LogP contribution in [0.1, 0.15) is 52.4 Å². The molecule has 0 aromatic rings. The third-order valence-electron chi connectivity index (χ3n) is 4.31. The lowest BCUT2D eigenvalue weighted by Crippen LogP contribution is -2.49. The zero-order chi connectivity index (χ0) is 15.9. The molecule has 1 amide bonds. The molecule has 3 N–H and O–H groups in total. The van der Waals surface area contributed by atoms with E-state index in [9.17, 15) is 13.2 Å². The molecule has 0 spiro atoms. The van der Waals surface area contributed by atoms with Gasteiger partial charge < -0.3 is 11.1 Å². The first kappa shape index (κ1) is 21.6.